The zero-order valence-electron chi connectivity index (χ0n) is 11.7. The number of alkyl halides is 1. The molecule has 0 aliphatic heterocycles. The second-order valence-corrected chi connectivity index (χ2v) is 6.85. The van der Waals surface area contributed by atoms with E-state index in [1.807, 2.05) is 18.2 Å². The third-order valence-electron chi connectivity index (χ3n) is 4.64. The molecule has 1 aromatic carbocycles. The number of hydrogen-bond acceptors (Lipinski definition) is 1. The van der Waals surface area contributed by atoms with Crippen LogP contribution in [0.15, 0.2) is 30.3 Å². The van der Waals surface area contributed by atoms with Gasteiger partial charge in [0, 0.05) is 17.8 Å². The molecule has 1 amide bonds. The van der Waals surface area contributed by atoms with Gasteiger partial charge >= 0.3 is 0 Å². The molecule has 4 unspecified atom stereocenters. The van der Waals surface area contributed by atoms with E-state index in [4.69, 9.17) is 11.6 Å². The average Bonchev–Trinajstić information content (AvgIpc) is 3.26. The minimum atomic E-state index is 0.188. The van der Waals surface area contributed by atoms with E-state index >= 15 is 0 Å². The van der Waals surface area contributed by atoms with E-state index in [-0.39, 0.29) is 11.8 Å². The largest absolute Gasteiger partial charge is 0.356 e. The summed E-state index contributed by atoms with van der Waals surface area (Å²) in [5.74, 6) is 1.43. The van der Waals surface area contributed by atoms with E-state index in [0.717, 1.165) is 25.8 Å². The zero-order valence-corrected chi connectivity index (χ0v) is 12.5. The number of nitrogens with one attached hydrogen (secondary N) is 1. The lowest BCUT2D eigenvalue weighted by atomic mass is 9.89. The molecule has 0 heterocycles. The van der Waals surface area contributed by atoms with Crippen LogP contribution in [0.25, 0.3) is 0 Å². The smallest absolute Gasteiger partial charge is 0.223 e. The fourth-order valence-electron chi connectivity index (χ4n) is 3.34. The van der Waals surface area contributed by atoms with E-state index in [2.05, 4.69) is 17.4 Å². The van der Waals surface area contributed by atoms with Crippen molar-refractivity contribution in [3.05, 3.63) is 35.9 Å². The molecule has 0 bridgehead atoms. The van der Waals surface area contributed by atoms with Gasteiger partial charge < -0.3 is 5.32 Å². The third kappa shape index (κ3) is 3.35. The van der Waals surface area contributed by atoms with Gasteiger partial charge in [-0.1, -0.05) is 36.8 Å². The lowest BCUT2D eigenvalue weighted by Crippen LogP contribution is -2.33. The summed E-state index contributed by atoms with van der Waals surface area (Å²) in [5.41, 5.74) is 1.30. The van der Waals surface area contributed by atoms with E-state index in [0.29, 0.717) is 17.2 Å². The minimum Gasteiger partial charge on any atom is -0.356 e. The molecule has 0 spiro atoms. The summed E-state index contributed by atoms with van der Waals surface area (Å²) in [7, 11) is 0. The van der Waals surface area contributed by atoms with E-state index in [1.54, 1.807) is 0 Å². The normalized spacial score (nSPS) is 32.6. The molecule has 3 rings (SSSR count). The summed E-state index contributed by atoms with van der Waals surface area (Å²) in [6, 6.07) is 10.4. The van der Waals surface area contributed by atoms with Gasteiger partial charge in [-0.2, -0.15) is 0 Å². The van der Waals surface area contributed by atoms with Crippen molar-refractivity contribution in [1.82, 2.24) is 5.32 Å². The van der Waals surface area contributed by atoms with Crippen molar-refractivity contribution in [3.63, 3.8) is 0 Å². The van der Waals surface area contributed by atoms with Crippen LogP contribution in [-0.2, 0) is 4.79 Å². The molecule has 1 aromatic rings. The Kier molecular flexibility index (Phi) is 4.30. The first-order valence-corrected chi connectivity index (χ1v) is 8.14. The number of benzene rings is 1. The highest BCUT2D eigenvalue weighted by atomic mass is 35.5. The second-order valence-electron chi connectivity index (χ2n) is 6.23. The molecule has 0 aromatic heterocycles. The SMILES string of the molecule is O=C(NCC1CCCC(Cl)C1)C1CC1c1ccccc1. The maximum atomic E-state index is 12.2. The molecule has 2 saturated carbocycles. The predicted octanol–water partition coefficient (Wildman–Crippen LogP) is 3.70. The van der Waals surface area contributed by atoms with Gasteiger partial charge in [0.1, 0.15) is 0 Å². The highest BCUT2D eigenvalue weighted by Gasteiger charge is 2.43. The first-order chi connectivity index (χ1) is 9.74. The molecule has 1 N–H and O–H groups in total. The maximum Gasteiger partial charge on any atom is 0.223 e. The van der Waals surface area contributed by atoms with Crippen LogP contribution in [0.3, 0.4) is 0 Å². The van der Waals surface area contributed by atoms with Crippen molar-refractivity contribution in [3.8, 4) is 0 Å². The van der Waals surface area contributed by atoms with Gasteiger partial charge in [-0.3, -0.25) is 4.79 Å². The predicted molar refractivity (Wildman–Crippen MR) is 81.9 cm³/mol. The van der Waals surface area contributed by atoms with Gasteiger partial charge in [0.2, 0.25) is 5.91 Å². The zero-order chi connectivity index (χ0) is 13.9. The van der Waals surface area contributed by atoms with Crippen molar-refractivity contribution in [2.45, 2.75) is 43.4 Å². The monoisotopic (exact) mass is 291 g/mol. The van der Waals surface area contributed by atoms with Crippen LogP contribution < -0.4 is 5.32 Å². The Morgan fingerprint density at radius 1 is 1.20 bits per heavy atom. The third-order valence-corrected chi connectivity index (χ3v) is 5.04. The van der Waals surface area contributed by atoms with Gasteiger partial charge in [-0.25, -0.2) is 0 Å². The highest BCUT2D eigenvalue weighted by Crippen LogP contribution is 2.47. The van der Waals surface area contributed by atoms with Crippen LogP contribution in [0.5, 0.6) is 0 Å². The Morgan fingerprint density at radius 3 is 2.75 bits per heavy atom. The van der Waals surface area contributed by atoms with Gasteiger partial charge in [0.25, 0.3) is 0 Å². The first kappa shape index (κ1) is 13.9. The molecule has 2 aliphatic rings. The Bertz CT molecular complexity index is 461. The van der Waals surface area contributed by atoms with Crippen LogP contribution >= 0.6 is 11.6 Å². The molecule has 0 saturated heterocycles. The Balaban J connectivity index is 1.44. The summed E-state index contributed by atoms with van der Waals surface area (Å²) in [4.78, 5) is 12.2. The summed E-state index contributed by atoms with van der Waals surface area (Å²) in [6.45, 7) is 0.806. The van der Waals surface area contributed by atoms with Crippen molar-refractivity contribution >= 4 is 17.5 Å². The molecule has 108 valence electrons. The number of halogens is 1. The van der Waals surface area contributed by atoms with Crippen molar-refractivity contribution in [2.75, 3.05) is 6.54 Å². The lowest BCUT2D eigenvalue weighted by Gasteiger charge is -2.25. The van der Waals surface area contributed by atoms with E-state index in [9.17, 15) is 4.79 Å². The summed E-state index contributed by atoms with van der Waals surface area (Å²) in [6.07, 6.45) is 5.58. The molecular formula is C17H22ClNO. The maximum absolute atomic E-state index is 12.2. The van der Waals surface area contributed by atoms with Gasteiger partial charge in [0.15, 0.2) is 0 Å². The Labute approximate surface area is 125 Å². The molecule has 2 aliphatic carbocycles. The second kappa shape index (κ2) is 6.17. The number of carbonyl (C=O) groups excluding carboxylic acids is 1. The molecule has 2 nitrogen and oxygen atoms in total. The fourth-order valence-corrected chi connectivity index (χ4v) is 3.75. The van der Waals surface area contributed by atoms with E-state index in [1.165, 1.54) is 18.4 Å². The van der Waals surface area contributed by atoms with Crippen LogP contribution in [0.4, 0.5) is 0 Å². The topological polar surface area (TPSA) is 29.1 Å². The highest BCUT2D eigenvalue weighted by molar-refractivity contribution is 6.20. The summed E-state index contributed by atoms with van der Waals surface area (Å²) < 4.78 is 0. The first-order valence-electron chi connectivity index (χ1n) is 7.71. The van der Waals surface area contributed by atoms with Gasteiger partial charge in [-0.15, -0.1) is 11.6 Å². The quantitative estimate of drug-likeness (QED) is 0.842. The number of carbonyl (C=O) groups is 1. The van der Waals surface area contributed by atoms with Crippen molar-refractivity contribution < 1.29 is 4.79 Å². The van der Waals surface area contributed by atoms with Gasteiger partial charge in [0.05, 0.1) is 0 Å². The number of amides is 1. The molecular weight excluding hydrogens is 270 g/mol. The lowest BCUT2D eigenvalue weighted by molar-refractivity contribution is -0.122. The summed E-state index contributed by atoms with van der Waals surface area (Å²) >= 11 is 6.19. The minimum absolute atomic E-state index is 0.188. The van der Waals surface area contributed by atoms with Gasteiger partial charge in [-0.05, 0) is 43.1 Å². The average molecular weight is 292 g/mol. The van der Waals surface area contributed by atoms with Crippen LogP contribution in [-0.4, -0.2) is 17.8 Å². The summed E-state index contributed by atoms with van der Waals surface area (Å²) in [5, 5.41) is 3.45. The molecule has 3 heteroatoms. The van der Waals surface area contributed by atoms with E-state index < -0.39 is 0 Å². The Morgan fingerprint density at radius 2 is 2.00 bits per heavy atom. The standard InChI is InChI=1S/C17H22ClNO/c18-14-8-4-5-12(9-14)11-19-17(20)16-10-15(16)13-6-2-1-3-7-13/h1-3,6-7,12,14-16H,4-5,8-11H2,(H,19,20). The van der Waals surface area contributed by atoms with Crippen LogP contribution in [0.2, 0.25) is 0 Å². The molecule has 4 atom stereocenters. The molecule has 2 fully saturated rings. The van der Waals surface area contributed by atoms with Crippen LogP contribution in [0.1, 0.15) is 43.6 Å². The number of hydrogen-bond donors (Lipinski definition) is 1. The molecule has 0 radical (unpaired) electrons. The van der Waals surface area contributed by atoms with Crippen molar-refractivity contribution in [2.24, 2.45) is 11.8 Å². The fraction of sp³-hybridized carbons (Fsp3) is 0.588. The van der Waals surface area contributed by atoms with Crippen LogP contribution in [0, 0.1) is 11.8 Å². The number of rotatable bonds is 4. The van der Waals surface area contributed by atoms with Crippen molar-refractivity contribution in [1.29, 1.82) is 0 Å². The molecule has 20 heavy (non-hydrogen) atoms. The Hall–Kier alpha value is -1.02.